The highest BCUT2D eigenvalue weighted by Gasteiger charge is 2.37. The summed E-state index contributed by atoms with van der Waals surface area (Å²) in [6, 6.07) is 7.32. The Labute approximate surface area is 175 Å². The highest BCUT2D eigenvalue weighted by Crippen LogP contribution is 2.36. The molecule has 1 fully saturated rings. The molecule has 0 amide bonds. The number of aromatic nitrogens is 3. The zero-order valence-electron chi connectivity index (χ0n) is 17.5. The lowest BCUT2D eigenvalue weighted by Crippen LogP contribution is -2.32. The largest absolute Gasteiger partial charge is 0.463 e. The van der Waals surface area contributed by atoms with Crippen molar-refractivity contribution in [2.75, 3.05) is 12.4 Å². The number of ether oxygens (including phenoxy) is 2. The molecule has 0 radical (unpaired) electrons. The average Bonchev–Trinajstić information content (AvgIpc) is 3.17. The minimum Gasteiger partial charge on any atom is -0.463 e. The van der Waals surface area contributed by atoms with Crippen molar-refractivity contribution >= 4 is 17.9 Å². The van der Waals surface area contributed by atoms with E-state index >= 15 is 0 Å². The molecular weight excluding hydrogens is 384 g/mol. The topological polar surface area (TPSA) is 95.3 Å². The van der Waals surface area contributed by atoms with Gasteiger partial charge in [-0.2, -0.15) is 4.98 Å². The second kappa shape index (κ2) is 8.30. The molecule has 1 atom stereocenters. The van der Waals surface area contributed by atoms with Crippen molar-refractivity contribution in [1.82, 2.24) is 14.8 Å². The van der Waals surface area contributed by atoms with Gasteiger partial charge in [0.05, 0.1) is 12.7 Å². The van der Waals surface area contributed by atoms with Crippen LogP contribution in [0.2, 0.25) is 0 Å². The summed E-state index contributed by atoms with van der Waals surface area (Å²) in [4.78, 5) is 29.5. The summed E-state index contributed by atoms with van der Waals surface area (Å²) in [6.45, 7) is 3.82. The molecule has 1 N–H and O–H groups in total. The van der Waals surface area contributed by atoms with Gasteiger partial charge in [0.25, 0.3) is 5.82 Å². The Balaban J connectivity index is 1.74. The summed E-state index contributed by atoms with van der Waals surface area (Å²) in [5, 5.41) is 7.44. The minimum atomic E-state index is -0.634. The molecule has 0 spiro atoms. The van der Waals surface area contributed by atoms with Crippen LogP contribution in [0.25, 0.3) is 0 Å². The number of fused-ring (bicyclic) bond motifs is 1. The molecule has 1 aliphatic carbocycles. The van der Waals surface area contributed by atoms with Crippen molar-refractivity contribution in [3.63, 3.8) is 0 Å². The van der Waals surface area contributed by atoms with Crippen LogP contribution in [-0.2, 0) is 14.3 Å². The van der Waals surface area contributed by atoms with Gasteiger partial charge in [-0.05, 0) is 45.1 Å². The molecule has 1 saturated carbocycles. The number of carbonyl (C=O) groups is 2. The van der Waals surface area contributed by atoms with Gasteiger partial charge in [-0.25, -0.2) is 14.3 Å². The number of rotatable bonds is 4. The summed E-state index contributed by atoms with van der Waals surface area (Å²) in [7, 11) is 1.28. The molecule has 0 bridgehead atoms. The van der Waals surface area contributed by atoms with Crippen molar-refractivity contribution < 1.29 is 19.1 Å². The van der Waals surface area contributed by atoms with Crippen molar-refractivity contribution in [2.45, 2.75) is 58.1 Å². The van der Waals surface area contributed by atoms with Gasteiger partial charge in [0.1, 0.15) is 12.1 Å². The molecule has 8 heteroatoms. The first-order valence-corrected chi connectivity index (χ1v) is 10.3. The van der Waals surface area contributed by atoms with Crippen LogP contribution in [-0.4, -0.2) is 39.9 Å². The Hall–Kier alpha value is -3.16. The quantitative estimate of drug-likeness (QED) is 0.770. The zero-order chi connectivity index (χ0) is 21.3. The molecule has 0 saturated heterocycles. The molecule has 1 aromatic heterocycles. The van der Waals surface area contributed by atoms with Gasteiger partial charge in [0.2, 0.25) is 5.95 Å². The van der Waals surface area contributed by atoms with Gasteiger partial charge in [-0.1, -0.05) is 36.2 Å². The van der Waals surface area contributed by atoms with Crippen LogP contribution in [0.4, 0.5) is 5.95 Å². The lowest BCUT2D eigenvalue weighted by atomic mass is 9.94. The molecule has 2 aromatic rings. The summed E-state index contributed by atoms with van der Waals surface area (Å²) >= 11 is 0. The smallest absolute Gasteiger partial charge is 0.378 e. The Morgan fingerprint density at radius 1 is 1.07 bits per heavy atom. The van der Waals surface area contributed by atoms with Gasteiger partial charge >= 0.3 is 11.9 Å². The molecule has 1 aliphatic heterocycles. The maximum Gasteiger partial charge on any atom is 0.378 e. The van der Waals surface area contributed by atoms with E-state index < -0.39 is 12.0 Å². The highest BCUT2D eigenvalue weighted by molar-refractivity contribution is 5.93. The van der Waals surface area contributed by atoms with E-state index in [2.05, 4.69) is 15.4 Å². The van der Waals surface area contributed by atoms with Crippen molar-refractivity contribution in [1.29, 1.82) is 0 Å². The second-order valence-corrected chi connectivity index (χ2v) is 7.84. The number of hydrogen-bond acceptors (Lipinski definition) is 7. The molecule has 30 heavy (non-hydrogen) atoms. The van der Waals surface area contributed by atoms with Crippen LogP contribution in [0.1, 0.15) is 66.8 Å². The summed E-state index contributed by atoms with van der Waals surface area (Å²) in [5.74, 6) is -0.678. The number of allylic oxidation sites excluding steroid dienone is 1. The lowest BCUT2D eigenvalue weighted by Gasteiger charge is -2.30. The lowest BCUT2D eigenvalue weighted by molar-refractivity contribution is -0.146. The highest BCUT2D eigenvalue weighted by atomic mass is 16.5. The van der Waals surface area contributed by atoms with Gasteiger partial charge in [-0.15, -0.1) is 5.10 Å². The van der Waals surface area contributed by atoms with Gasteiger partial charge in [-0.3, -0.25) is 0 Å². The fraction of sp³-hybridized carbons (Fsp3) is 0.455. The van der Waals surface area contributed by atoms with Crippen LogP contribution in [0.5, 0.6) is 0 Å². The molecular formula is C22H26N4O4. The minimum absolute atomic E-state index is 0.0620. The van der Waals surface area contributed by atoms with Crippen LogP contribution >= 0.6 is 0 Å². The number of hydrogen-bond donors (Lipinski definition) is 1. The number of aryl methyl sites for hydroxylation is 1. The summed E-state index contributed by atoms with van der Waals surface area (Å²) in [6.07, 6.45) is 5.05. The Morgan fingerprint density at radius 2 is 1.77 bits per heavy atom. The molecule has 158 valence electrons. The number of esters is 2. The zero-order valence-corrected chi connectivity index (χ0v) is 17.5. The fourth-order valence-electron chi connectivity index (χ4n) is 4.05. The van der Waals surface area contributed by atoms with Gasteiger partial charge in [0, 0.05) is 5.70 Å². The van der Waals surface area contributed by atoms with Crippen LogP contribution in [0.3, 0.4) is 0 Å². The maximum absolute atomic E-state index is 13.3. The van der Waals surface area contributed by atoms with Crippen molar-refractivity contribution in [2.24, 2.45) is 0 Å². The molecule has 0 unspecified atom stereocenters. The predicted molar refractivity (Wildman–Crippen MR) is 110 cm³/mol. The molecule has 8 nitrogen and oxygen atoms in total. The Morgan fingerprint density at radius 3 is 2.43 bits per heavy atom. The number of nitrogens with one attached hydrogen (secondary N) is 1. The Bertz CT molecular complexity index is 987. The molecule has 1 aromatic carbocycles. The first-order chi connectivity index (χ1) is 14.5. The molecule has 4 rings (SSSR count). The average molecular weight is 410 g/mol. The predicted octanol–water partition coefficient (Wildman–Crippen LogP) is 3.54. The van der Waals surface area contributed by atoms with E-state index in [1.165, 1.54) is 13.5 Å². The number of nitrogens with zero attached hydrogens (tertiary/aromatic N) is 3. The second-order valence-electron chi connectivity index (χ2n) is 7.84. The van der Waals surface area contributed by atoms with E-state index in [9.17, 15) is 9.59 Å². The fourth-order valence-corrected chi connectivity index (χ4v) is 4.05. The first kappa shape index (κ1) is 20.1. The van der Waals surface area contributed by atoms with Crippen molar-refractivity contribution in [3.05, 3.63) is 52.5 Å². The summed E-state index contributed by atoms with van der Waals surface area (Å²) < 4.78 is 12.2. The number of benzene rings is 1. The van der Waals surface area contributed by atoms with Crippen LogP contribution in [0.15, 0.2) is 35.5 Å². The normalized spacial score (nSPS) is 19.1. The number of anilines is 1. The first-order valence-electron chi connectivity index (χ1n) is 10.3. The Kier molecular flexibility index (Phi) is 5.57. The van der Waals surface area contributed by atoms with Crippen molar-refractivity contribution in [3.8, 4) is 0 Å². The SMILES string of the molecule is COC(=O)c1nc2n(n1)[C@H](c1ccc(C)cc1)C(C(=O)OC1CCCCC1)=C(C)N2. The number of carbonyl (C=O) groups excluding carboxylic acids is 2. The maximum atomic E-state index is 13.3. The van der Waals surface area contributed by atoms with Crippen LogP contribution in [0, 0.1) is 6.92 Å². The third-order valence-corrected chi connectivity index (χ3v) is 5.66. The van der Waals surface area contributed by atoms with Gasteiger partial charge < -0.3 is 14.8 Å². The third-order valence-electron chi connectivity index (χ3n) is 5.66. The summed E-state index contributed by atoms with van der Waals surface area (Å²) in [5.41, 5.74) is 3.07. The third kappa shape index (κ3) is 3.81. The van der Waals surface area contributed by atoms with Gasteiger partial charge in [0.15, 0.2) is 0 Å². The van der Waals surface area contributed by atoms with E-state index in [0.717, 1.165) is 36.8 Å². The number of methoxy groups -OCH3 is 1. The monoisotopic (exact) mass is 410 g/mol. The van der Waals surface area contributed by atoms with E-state index in [-0.39, 0.29) is 17.9 Å². The van der Waals surface area contributed by atoms with E-state index in [1.54, 1.807) is 4.68 Å². The molecule has 2 aliphatic rings. The molecule has 2 heterocycles. The van der Waals surface area contributed by atoms with E-state index in [1.807, 2.05) is 38.1 Å². The van der Waals surface area contributed by atoms with E-state index in [0.29, 0.717) is 17.2 Å². The van der Waals surface area contributed by atoms with E-state index in [4.69, 9.17) is 9.47 Å². The standard InChI is InChI=1S/C22H26N4O4/c1-13-9-11-15(12-10-13)18-17(20(27)30-16-7-5-4-6-8-16)14(2)23-22-24-19(21(28)29-3)25-26(18)22/h9-12,16,18H,4-8H2,1-3H3,(H,23,24,25)/t18-/m1/s1. The van der Waals surface area contributed by atoms with Crippen LogP contribution < -0.4 is 5.32 Å².